The van der Waals surface area contributed by atoms with Gasteiger partial charge in [0.15, 0.2) is 0 Å². The SMILES string of the molecule is C[C-](C)CC(C)(C)C.[Na+]. The molecule has 0 saturated heterocycles. The molecular formula is C8H17Na. The predicted octanol–water partition coefficient (Wildman–Crippen LogP) is 0.0409. The smallest absolute Gasteiger partial charge is 0.319 e. The van der Waals surface area contributed by atoms with Gasteiger partial charge in [-0.3, -0.25) is 0 Å². The third kappa shape index (κ3) is 12.2. The molecular weight excluding hydrogens is 119 g/mol. The molecule has 0 spiro atoms. The molecule has 0 heterocycles. The van der Waals surface area contributed by atoms with E-state index in [1.54, 1.807) is 0 Å². The van der Waals surface area contributed by atoms with Crippen molar-refractivity contribution in [2.45, 2.75) is 41.0 Å². The topological polar surface area (TPSA) is 0 Å². The van der Waals surface area contributed by atoms with Gasteiger partial charge < -0.3 is 5.92 Å². The standard InChI is InChI=1S/C8H17.Na/c1-7(2)6-8(3,4)5;/h6H2,1-5H3;/q-1;+1. The van der Waals surface area contributed by atoms with Gasteiger partial charge in [-0.1, -0.05) is 26.2 Å². The predicted molar refractivity (Wildman–Crippen MR) is 38.7 cm³/mol. The van der Waals surface area contributed by atoms with Crippen LogP contribution in [0, 0.1) is 11.3 Å². The molecule has 0 saturated carbocycles. The van der Waals surface area contributed by atoms with Gasteiger partial charge in [-0.25, -0.2) is 0 Å². The fraction of sp³-hybridized carbons (Fsp3) is 0.875. The van der Waals surface area contributed by atoms with Crippen molar-refractivity contribution in [3.8, 4) is 0 Å². The second-order valence-corrected chi connectivity index (χ2v) is 3.94. The van der Waals surface area contributed by atoms with Crippen LogP contribution in [-0.2, 0) is 0 Å². The Morgan fingerprint density at radius 3 is 1.44 bits per heavy atom. The van der Waals surface area contributed by atoms with Gasteiger partial charge in [-0.05, 0) is 0 Å². The molecule has 0 bridgehead atoms. The summed E-state index contributed by atoms with van der Waals surface area (Å²) >= 11 is 0. The minimum atomic E-state index is 0. The van der Waals surface area contributed by atoms with Gasteiger partial charge in [0.2, 0.25) is 0 Å². The summed E-state index contributed by atoms with van der Waals surface area (Å²) in [6.45, 7) is 11.2. The van der Waals surface area contributed by atoms with Crippen LogP contribution in [0.4, 0.5) is 0 Å². The normalized spacial score (nSPS) is 11.3. The third-order valence-corrected chi connectivity index (χ3v) is 0.884. The zero-order valence-corrected chi connectivity index (χ0v) is 9.71. The Morgan fingerprint density at radius 1 is 1.11 bits per heavy atom. The van der Waals surface area contributed by atoms with E-state index in [2.05, 4.69) is 34.6 Å². The van der Waals surface area contributed by atoms with Gasteiger partial charge in [0.05, 0.1) is 0 Å². The molecule has 50 valence electrons. The molecule has 0 radical (unpaired) electrons. The molecule has 0 aliphatic rings. The summed E-state index contributed by atoms with van der Waals surface area (Å²) < 4.78 is 0. The van der Waals surface area contributed by atoms with Crippen molar-refractivity contribution >= 4 is 0 Å². The molecule has 0 N–H and O–H groups in total. The molecule has 0 aliphatic carbocycles. The minimum Gasteiger partial charge on any atom is -0.319 e. The molecule has 1 heteroatoms. The molecule has 0 fully saturated rings. The first-order chi connectivity index (χ1) is 3.42. The summed E-state index contributed by atoms with van der Waals surface area (Å²) in [5.41, 5.74) is 0.485. The van der Waals surface area contributed by atoms with Crippen molar-refractivity contribution in [1.29, 1.82) is 0 Å². The molecule has 0 aromatic heterocycles. The summed E-state index contributed by atoms with van der Waals surface area (Å²) in [6.07, 6.45) is 1.24. The van der Waals surface area contributed by atoms with Gasteiger partial charge in [0.1, 0.15) is 0 Å². The zero-order valence-electron chi connectivity index (χ0n) is 7.71. The Hall–Kier alpha value is 1.00. The van der Waals surface area contributed by atoms with Crippen LogP contribution in [0.15, 0.2) is 0 Å². The Kier molecular flexibility index (Phi) is 6.69. The molecule has 0 atom stereocenters. The van der Waals surface area contributed by atoms with Crippen LogP contribution >= 0.6 is 0 Å². The summed E-state index contributed by atoms with van der Waals surface area (Å²) in [7, 11) is 0. The second-order valence-electron chi connectivity index (χ2n) is 3.94. The first-order valence-corrected chi connectivity index (χ1v) is 3.21. The summed E-state index contributed by atoms with van der Waals surface area (Å²) in [5, 5.41) is 0. The minimum absolute atomic E-state index is 0. The maximum Gasteiger partial charge on any atom is 1.00 e. The summed E-state index contributed by atoms with van der Waals surface area (Å²) in [4.78, 5) is 0. The van der Waals surface area contributed by atoms with E-state index < -0.39 is 0 Å². The van der Waals surface area contributed by atoms with Crippen LogP contribution in [-0.4, -0.2) is 0 Å². The van der Waals surface area contributed by atoms with E-state index >= 15 is 0 Å². The van der Waals surface area contributed by atoms with E-state index in [0.717, 1.165) is 0 Å². The fourth-order valence-electron chi connectivity index (χ4n) is 1.06. The van der Waals surface area contributed by atoms with Crippen LogP contribution in [0.5, 0.6) is 0 Å². The van der Waals surface area contributed by atoms with Crippen molar-refractivity contribution in [2.75, 3.05) is 0 Å². The van der Waals surface area contributed by atoms with E-state index in [-0.39, 0.29) is 29.6 Å². The van der Waals surface area contributed by atoms with Gasteiger partial charge in [-0.15, -0.1) is 0 Å². The first kappa shape index (κ1) is 12.7. The summed E-state index contributed by atoms with van der Waals surface area (Å²) in [6, 6.07) is 0. The summed E-state index contributed by atoms with van der Waals surface area (Å²) in [5.74, 6) is 1.53. The van der Waals surface area contributed by atoms with Crippen LogP contribution < -0.4 is 29.6 Å². The van der Waals surface area contributed by atoms with Gasteiger partial charge in [0, 0.05) is 0 Å². The quantitative estimate of drug-likeness (QED) is 0.353. The monoisotopic (exact) mass is 136 g/mol. The Balaban J connectivity index is 0. The molecule has 0 nitrogen and oxygen atoms in total. The van der Waals surface area contributed by atoms with Crippen LogP contribution in [0.2, 0.25) is 0 Å². The molecule has 0 aromatic rings. The Morgan fingerprint density at radius 2 is 1.44 bits per heavy atom. The Bertz CT molecular complexity index is 59.5. The molecule has 0 rings (SSSR count). The molecule has 9 heavy (non-hydrogen) atoms. The maximum atomic E-state index is 2.26. The van der Waals surface area contributed by atoms with E-state index in [4.69, 9.17) is 0 Å². The number of hydrogen-bond donors (Lipinski definition) is 0. The van der Waals surface area contributed by atoms with E-state index in [0.29, 0.717) is 5.41 Å². The van der Waals surface area contributed by atoms with Crippen molar-refractivity contribution < 1.29 is 29.6 Å². The van der Waals surface area contributed by atoms with E-state index in [1.165, 1.54) is 12.3 Å². The Labute approximate surface area is 81.7 Å². The van der Waals surface area contributed by atoms with Crippen LogP contribution in [0.25, 0.3) is 0 Å². The third-order valence-electron chi connectivity index (χ3n) is 0.884. The maximum absolute atomic E-state index is 2.26. The average molecular weight is 136 g/mol. The molecule has 0 aliphatic heterocycles. The van der Waals surface area contributed by atoms with Crippen molar-refractivity contribution in [3.63, 3.8) is 0 Å². The fourth-order valence-corrected chi connectivity index (χ4v) is 1.06. The van der Waals surface area contributed by atoms with Gasteiger partial charge >= 0.3 is 29.6 Å². The molecule has 0 unspecified atom stereocenters. The first-order valence-electron chi connectivity index (χ1n) is 3.21. The van der Waals surface area contributed by atoms with E-state index in [9.17, 15) is 0 Å². The van der Waals surface area contributed by atoms with Gasteiger partial charge in [-0.2, -0.15) is 20.3 Å². The van der Waals surface area contributed by atoms with Gasteiger partial charge in [0.25, 0.3) is 0 Å². The number of rotatable bonds is 1. The largest absolute Gasteiger partial charge is 1.00 e. The van der Waals surface area contributed by atoms with Crippen molar-refractivity contribution in [2.24, 2.45) is 5.41 Å². The van der Waals surface area contributed by atoms with E-state index in [1.807, 2.05) is 0 Å². The molecule has 0 aromatic carbocycles. The zero-order chi connectivity index (χ0) is 6.78. The second kappa shape index (κ2) is 4.76. The number of hydrogen-bond acceptors (Lipinski definition) is 0. The van der Waals surface area contributed by atoms with Crippen LogP contribution in [0.3, 0.4) is 0 Å². The average Bonchev–Trinajstić information content (AvgIpc) is 1.21. The molecule has 0 amide bonds. The van der Waals surface area contributed by atoms with Crippen molar-refractivity contribution in [3.05, 3.63) is 5.92 Å². The van der Waals surface area contributed by atoms with Crippen LogP contribution in [0.1, 0.15) is 41.0 Å². The van der Waals surface area contributed by atoms with Crippen molar-refractivity contribution in [1.82, 2.24) is 0 Å².